The van der Waals surface area contributed by atoms with Gasteiger partial charge in [0.15, 0.2) is 6.29 Å². The first-order valence-corrected chi connectivity index (χ1v) is 23.3. The Hall–Kier alpha value is -4.20. The molecule has 2 heterocycles. The van der Waals surface area contributed by atoms with Crippen LogP contribution in [0.5, 0.6) is 11.5 Å². The van der Waals surface area contributed by atoms with Gasteiger partial charge in [0.25, 0.3) is 0 Å². The van der Waals surface area contributed by atoms with Crippen LogP contribution in [0.3, 0.4) is 0 Å². The minimum Gasteiger partial charge on any atom is -0.493 e. The Morgan fingerprint density at radius 1 is 0.794 bits per heavy atom. The van der Waals surface area contributed by atoms with E-state index in [1.165, 1.54) is 34.0 Å². The maximum atomic E-state index is 16.0. The Balaban J connectivity index is 1.51. The Bertz CT molecular complexity index is 2310. The molecule has 1 aliphatic heterocycles. The van der Waals surface area contributed by atoms with Crippen molar-refractivity contribution >= 4 is 21.8 Å². The average molecular weight is 864 g/mol. The molecule has 0 saturated carbocycles. The lowest BCUT2D eigenvalue weighted by atomic mass is 9.71. The van der Waals surface area contributed by atoms with Crippen molar-refractivity contribution in [2.45, 2.75) is 170 Å². The third-order valence-corrected chi connectivity index (χ3v) is 12.5. The number of nitrogens with zero attached hydrogens (tertiary/aromatic N) is 1. The fraction of sp³-hybridized carbons (Fsp3) is 0.536. The zero-order valence-corrected chi connectivity index (χ0v) is 40.7. The summed E-state index contributed by atoms with van der Waals surface area (Å²) in [6.45, 7) is 33.6. The molecule has 63 heavy (non-hydrogen) atoms. The molecule has 0 spiro atoms. The molecule has 0 radical (unpaired) electrons. The minimum atomic E-state index is -1.27. The maximum absolute atomic E-state index is 16.0. The van der Waals surface area contributed by atoms with Gasteiger partial charge in [0.05, 0.1) is 42.6 Å². The molecule has 3 atom stereocenters. The van der Waals surface area contributed by atoms with Gasteiger partial charge in [-0.25, -0.2) is 8.78 Å². The Kier molecular flexibility index (Phi) is 14.6. The van der Waals surface area contributed by atoms with Crippen molar-refractivity contribution < 1.29 is 27.7 Å². The smallest absolute Gasteiger partial charge is 0.199 e. The lowest BCUT2D eigenvalue weighted by Gasteiger charge is -2.35. The van der Waals surface area contributed by atoms with Gasteiger partial charge in [0.1, 0.15) is 23.5 Å². The second-order valence-electron chi connectivity index (χ2n) is 22.0. The molecular formula is C56H75F2NO4. The number of aryl methyl sites for hydroxylation is 1. The Morgan fingerprint density at radius 3 is 1.97 bits per heavy atom. The van der Waals surface area contributed by atoms with E-state index < -0.39 is 18.6 Å². The van der Waals surface area contributed by atoms with Crippen molar-refractivity contribution in [2.24, 2.45) is 5.41 Å². The normalized spacial score (nSPS) is 16.4. The number of halogens is 2. The number of ether oxygens (including phenoxy) is 4. The van der Waals surface area contributed by atoms with Gasteiger partial charge in [-0.2, -0.15) is 0 Å². The van der Waals surface area contributed by atoms with Gasteiger partial charge in [-0.1, -0.05) is 113 Å². The van der Waals surface area contributed by atoms with Crippen molar-refractivity contribution in [3.63, 3.8) is 0 Å². The van der Waals surface area contributed by atoms with Crippen LogP contribution in [0.2, 0.25) is 0 Å². The lowest BCUT2D eigenvalue weighted by molar-refractivity contribution is -0.106. The summed E-state index contributed by atoms with van der Waals surface area (Å²) in [5, 5.41) is 2.35. The van der Waals surface area contributed by atoms with Gasteiger partial charge >= 0.3 is 0 Å². The number of alkyl halides is 1. The van der Waals surface area contributed by atoms with Crippen molar-refractivity contribution in [2.75, 3.05) is 19.8 Å². The fourth-order valence-electron chi connectivity index (χ4n) is 9.44. The molecule has 4 aromatic carbocycles. The first kappa shape index (κ1) is 48.3. The highest BCUT2D eigenvalue weighted by Gasteiger charge is 2.33. The van der Waals surface area contributed by atoms with Crippen LogP contribution in [-0.2, 0) is 38.6 Å². The van der Waals surface area contributed by atoms with Crippen molar-refractivity contribution in [1.29, 1.82) is 0 Å². The molecule has 0 N–H and O–H groups in total. The highest BCUT2D eigenvalue weighted by molar-refractivity contribution is 6.10. The van der Waals surface area contributed by atoms with E-state index >= 15 is 4.39 Å². The van der Waals surface area contributed by atoms with Crippen molar-refractivity contribution in [3.8, 4) is 17.2 Å². The third-order valence-electron chi connectivity index (χ3n) is 12.5. The molecule has 1 aromatic heterocycles. The number of rotatable bonds is 16. The SMILES string of the molecule is C=CCc1cc(F)cc(C)c1OCCCO[C@@H](Cc1cc(C(C)(C)CC(C)(C)C)cc(-n2c3cc(C(C)(C)C)ccc3c3ccc(C(C)(C)C)cc32)c1OC1CCCCO1)C(C)F. The largest absolute Gasteiger partial charge is 0.493 e. The van der Waals surface area contributed by atoms with Crippen LogP contribution in [0.1, 0.15) is 149 Å². The molecule has 7 heteroatoms. The Labute approximate surface area is 377 Å². The van der Waals surface area contributed by atoms with Crippen LogP contribution in [0.4, 0.5) is 8.78 Å². The van der Waals surface area contributed by atoms with Crippen LogP contribution in [-0.4, -0.2) is 43.0 Å². The van der Waals surface area contributed by atoms with Crippen LogP contribution in [0.25, 0.3) is 27.5 Å². The van der Waals surface area contributed by atoms with E-state index in [0.717, 1.165) is 64.7 Å². The standard InChI is InChI=1S/C56H75F2NO4/c1-15-19-38-30-43(58)28-36(2)51(38)62-27-18-26-60-49(37(3)57)31-39-29-42(56(13,14)35-53(4,5)6)34-48(52(39)63-50-20-16-17-25-61-50)59-46-32-40(54(7,8)9)21-23-44(46)45-24-22-41(33-47(45)59)55(10,11)12/h15,21-24,28-30,32-34,37,49-50H,1,16-20,25-27,31,35H2,2-14H3/t37?,49-,50?/m0/s1. The van der Waals surface area contributed by atoms with Gasteiger partial charge in [-0.3, -0.25) is 0 Å². The van der Waals surface area contributed by atoms with E-state index in [2.05, 4.69) is 136 Å². The molecule has 0 amide bonds. The zero-order chi connectivity index (χ0) is 46.1. The number of allylic oxidation sites excluding steroid dienone is 1. The van der Waals surface area contributed by atoms with E-state index in [9.17, 15) is 4.39 Å². The molecule has 1 aliphatic rings. The summed E-state index contributed by atoms with van der Waals surface area (Å²) >= 11 is 0. The van der Waals surface area contributed by atoms with Gasteiger partial charge in [0.2, 0.25) is 0 Å². The molecule has 342 valence electrons. The average Bonchev–Trinajstić information content (AvgIpc) is 3.50. The summed E-state index contributed by atoms with van der Waals surface area (Å²) in [7, 11) is 0. The maximum Gasteiger partial charge on any atom is 0.199 e. The molecule has 0 aliphatic carbocycles. The number of aromatic nitrogens is 1. The summed E-state index contributed by atoms with van der Waals surface area (Å²) in [6, 6.07) is 21.4. The summed E-state index contributed by atoms with van der Waals surface area (Å²) in [6.07, 6.45) is 4.32. The summed E-state index contributed by atoms with van der Waals surface area (Å²) in [5.74, 6) is 1.07. The molecule has 5 nitrogen and oxygen atoms in total. The lowest BCUT2D eigenvalue weighted by Crippen LogP contribution is -2.30. The highest BCUT2D eigenvalue weighted by atomic mass is 19.1. The molecule has 5 aromatic rings. The molecule has 0 bridgehead atoms. The summed E-state index contributed by atoms with van der Waals surface area (Å²) < 4.78 is 58.8. The summed E-state index contributed by atoms with van der Waals surface area (Å²) in [5.41, 5.74) is 8.81. The van der Waals surface area contributed by atoms with Gasteiger partial charge < -0.3 is 23.5 Å². The predicted molar refractivity (Wildman–Crippen MR) is 259 cm³/mol. The van der Waals surface area contributed by atoms with Gasteiger partial charge in [0, 0.05) is 35.6 Å². The topological polar surface area (TPSA) is 41.9 Å². The number of benzene rings is 4. The van der Waals surface area contributed by atoms with E-state index in [-0.39, 0.29) is 34.1 Å². The van der Waals surface area contributed by atoms with E-state index in [1.54, 1.807) is 13.0 Å². The van der Waals surface area contributed by atoms with E-state index in [4.69, 9.17) is 18.9 Å². The number of hydrogen-bond acceptors (Lipinski definition) is 4. The zero-order valence-electron chi connectivity index (χ0n) is 40.7. The van der Waals surface area contributed by atoms with Crippen LogP contribution in [0, 0.1) is 18.2 Å². The minimum absolute atomic E-state index is 0.0467. The quantitative estimate of drug-likeness (QED) is 0.0732. The first-order valence-electron chi connectivity index (χ1n) is 23.3. The summed E-state index contributed by atoms with van der Waals surface area (Å²) in [4.78, 5) is 0. The van der Waals surface area contributed by atoms with Crippen molar-refractivity contribution in [1.82, 2.24) is 4.57 Å². The first-order chi connectivity index (χ1) is 29.5. The molecular weight excluding hydrogens is 789 g/mol. The van der Waals surface area contributed by atoms with E-state index in [1.807, 2.05) is 6.92 Å². The molecule has 2 unspecified atom stereocenters. The number of fused-ring (bicyclic) bond motifs is 3. The van der Waals surface area contributed by atoms with E-state index in [0.29, 0.717) is 44.0 Å². The fourth-order valence-corrected chi connectivity index (χ4v) is 9.44. The number of hydrogen-bond donors (Lipinski definition) is 0. The van der Waals surface area contributed by atoms with Crippen LogP contribution < -0.4 is 9.47 Å². The highest BCUT2D eigenvalue weighted by Crippen LogP contribution is 2.45. The Morgan fingerprint density at radius 2 is 1.43 bits per heavy atom. The van der Waals surface area contributed by atoms with Crippen LogP contribution >= 0.6 is 0 Å². The molecule has 1 fully saturated rings. The van der Waals surface area contributed by atoms with Crippen LogP contribution in [0.15, 0.2) is 73.3 Å². The monoisotopic (exact) mass is 864 g/mol. The third kappa shape index (κ3) is 11.6. The molecule has 1 saturated heterocycles. The van der Waals surface area contributed by atoms with Gasteiger partial charge in [-0.05, 0) is 119 Å². The second kappa shape index (κ2) is 19.1. The molecule has 6 rings (SSSR count). The second-order valence-corrected chi connectivity index (χ2v) is 22.0. The predicted octanol–water partition coefficient (Wildman–Crippen LogP) is 14.9. The van der Waals surface area contributed by atoms with Crippen molar-refractivity contribution in [3.05, 3.63) is 113 Å². The van der Waals surface area contributed by atoms with Gasteiger partial charge in [-0.15, -0.1) is 6.58 Å².